The molecule has 0 aromatic heterocycles. The predicted molar refractivity (Wildman–Crippen MR) is 99.0 cm³/mol. The maximum absolute atomic E-state index is 13.0. The van der Waals surface area contributed by atoms with E-state index in [1.165, 1.54) is 0 Å². The Hall–Kier alpha value is -2.81. The minimum atomic E-state index is -0.146. The van der Waals surface area contributed by atoms with Crippen LogP contribution in [0.1, 0.15) is 28.4 Å². The SMILES string of the molecule is CCOc1ccc2ccccc2c1C(=O)Nc1c(C)cccc1C. The standard InChI is InChI=1S/C21H21NO2/c1-4-24-18-13-12-16-10-5-6-11-17(16)19(18)21(23)22-20-14(2)8-7-9-15(20)3/h5-13H,4H2,1-3H3,(H,22,23). The molecule has 0 atom stereocenters. The Balaban J connectivity index is 2.10. The van der Waals surface area contributed by atoms with Gasteiger partial charge < -0.3 is 10.1 Å². The molecule has 1 N–H and O–H groups in total. The van der Waals surface area contributed by atoms with Crippen LogP contribution in [0.3, 0.4) is 0 Å². The molecule has 0 saturated heterocycles. The minimum Gasteiger partial charge on any atom is -0.493 e. The van der Waals surface area contributed by atoms with Crippen LogP contribution in [0.5, 0.6) is 5.75 Å². The van der Waals surface area contributed by atoms with E-state index in [2.05, 4.69) is 5.32 Å². The van der Waals surface area contributed by atoms with Crippen LogP contribution < -0.4 is 10.1 Å². The first-order valence-electron chi connectivity index (χ1n) is 8.14. The number of fused-ring (bicyclic) bond motifs is 1. The summed E-state index contributed by atoms with van der Waals surface area (Å²) < 4.78 is 5.70. The van der Waals surface area contributed by atoms with Crippen molar-refractivity contribution >= 4 is 22.4 Å². The van der Waals surface area contributed by atoms with Gasteiger partial charge in [-0.3, -0.25) is 4.79 Å². The molecule has 0 fully saturated rings. The van der Waals surface area contributed by atoms with Crippen molar-refractivity contribution in [3.05, 3.63) is 71.3 Å². The van der Waals surface area contributed by atoms with Gasteiger partial charge in [0, 0.05) is 5.69 Å². The maximum atomic E-state index is 13.0. The Morgan fingerprint density at radius 1 is 0.958 bits per heavy atom. The van der Waals surface area contributed by atoms with E-state index < -0.39 is 0 Å². The number of anilines is 1. The Bertz CT molecular complexity index is 879. The molecule has 3 aromatic rings. The van der Waals surface area contributed by atoms with Gasteiger partial charge in [-0.1, -0.05) is 48.5 Å². The smallest absolute Gasteiger partial charge is 0.260 e. The summed E-state index contributed by atoms with van der Waals surface area (Å²) in [7, 11) is 0. The zero-order chi connectivity index (χ0) is 17.1. The third-order valence-corrected chi connectivity index (χ3v) is 4.14. The van der Waals surface area contributed by atoms with Crippen molar-refractivity contribution in [3.8, 4) is 5.75 Å². The fourth-order valence-corrected chi connectivity index (χ4v) is 2.95. The number of carbonyl (C=O) groups is 1. The summed E-state index contributed by atoms with van der Waals surface area (Å²) in [6.07, 6.45) is 0. The first-order valence-corrected chi connectivity index (χ1v) is 8.14. The number of para-hydroxylation sites is 1. The molecule has 0 aliphatic carbocycles. The van der Waals surface area contributed by atoms with Gasteiger partial charge in [-0.2, -0.15) is 0 Å². The molecule has 0 bridgehead atoms. The number of aryl methyl sites for hydroxylation is 2. The van der Waals surface area contributed by atoms with Crippen LogP contribution in [0.15, 0.2) is 54.6 Å². The van der Waals surface area contributed by atoms with E-state index in [0.717, 1.165) is 27.6 Å². The lowest BCUT2D eigenvalue weighted by Crippen LogP contribution is -2.16. The first kappa shape index (κ1) is 16.1. The normalized spacial score (nSPS) is 10.6. The molecule has 24 heavy (non-hydrogen) atoms. The molecule has 0 aliphatic rings. The molecule has 0 spiro atoms. The van der Waals surface area contributed by atoms with Gasteiger partial charge in [0.15, 0.2) is 0 Å². The van der Waals surface area contributed by atoms with Crippen molar-refractivity contribution in [1.29, 1.82) is 0 Å². The molecular formula is C21H21NO2. The van der Waals surface area contributed by atoms with E-state index >= 15 is 0 Å². The average molecular weight is 319 g/mol. The minimum absolute atomic E-state index is 0.146. The molecular weight excluding hydrogens is 298 g/mol. The van der Waals surface area contributed by atoms with Gasteiger partial charge in [-0.25, -0.2) is 0 Å². The summed E-state index contributed by atoms with van der Waals surface area (Å²) in [6, 6.07) is 17.7. The lowest BCUT2D eigenvalue weighted by molar-refractivity contribution is 0.102. The van der Waals surface area contributed by atoms with Crippen molar-refractivity contribution in [2.75, 3.05) is 11.9 Å². The van der Waals surface area contributed by atoms with Crippen LogP contribution in [0, 0.1) is 13.8 Å². The van der Waals surface area contributed by atoms with Gasteiger partial charge >= 0.3 is 0 Å². The van der Waals surface area contributed by atoms with E-state index in [0.29, 0.717) is 17.9 Å². The number of benzene rings is 3. The summed E-state index contributed by atoms with van der Waals surface area (Å²) in [4.78, 5) is 13.0. The molecule has 0 radical (unpaired) electrons. The van der Waals surface area contributed by atoms with E-state index in [1.807, 2.05) is 75.4 Å². The third-order valence-electron chi connectivity index (χ3n) is 4.14. The van der Waals surface area contributed by atoms with Crippen LogP contribution in [-0.4, -0.2) is 12.5 Å². The van der Waals surface area contributed by atoms with Crippen molar-refractivity contribution in [3.63, 3.8) is 0 Å². The molecule has 0 saturated carbocycles. The van der Waals surface area contributed by atoms with E-state index in [9.17, 15) is 4.79 Å². The van der Waals surface area contributed by atoms with Crippen molar-refractivity contribution in [2.45, 2.75) is 20.8 Å². The van der Waals surface area contributed by atoms with Crippen LogP contribution in [-0.2, 0) is 0 Å². The van der Waals surface area contributed by atoms with E-state index in [1.54, 1.807) is 0 Å². The topological polar surface area (TPSA) is 38.3 Å². The van der Waals surface area contributed by atoms with Gasteiger partial charge in [0.2, 0.25) is 0 Å². The number of ether oxygens (including phenoxy) is 1. The number of amides is 1. The summed E-state index contributed by atoms with van der Waals surface area (Å²) in [6.45, 7) is 6.43. The summed E-state index contributed by atoms with van der Waals surface area (Å²) in [5.74, 6) is 0.465. The second-order valence-corrected chi connectivity index (χ2v) is 5.81. The lowest BCUT2D eigenvalue weighted by atomic mass is 10.0. The number of rotatable bonds is 4. The Kier molecular flexibility index (Phi) is 4.52. The fraction of sp³-hybridized carbons (Fsp3) is 0.190. The lowest BCUT2D eigenvalue weighted by Gasteiger charge is -2.16. The second-order valence-electron chi connectivity index (χ2n) is 5.81. The second kappa shape index (κ2) is 6.75. The maximum Gasteiger partial charge on any atom is 0.260 e. The zero-order valence-corrected chi connectivity index (χ0v) is 14.2. The third kappa shape index (κ3) is 2.98. The van der Waals surface area contributed by atoms with Crippen molar-refractivity contribution in [1.82, 2.24) is 0 Å². The number of carbonyl (C=O) groups excluding carboxylic acids is 1. The van der Waals surface area contributed by atoms with Crippen molar-refractivity contribution in [2.24, 2.45) is 0 Å². The molecule has 3 rings (SSSR count). The summed E-state index contributed by atoms with van der Waals surface area (Å²) in [5.41, 5.74) is 3.53. The zero-order valence-electron chi connectivity index (χ0n) is 14.2. The highest BCUT2D eigenvalue weighted by atomic mass is 16.5. The Morgan fingerprint density at radius 3 is 2.38 bits per heavy atom. The van der Waals surface area contributed by atoms with Gasteiger partial charge in [0.25, 0.3) is 5.91 Å². The first-order chi connectivity index (χ1) is 11.6. The van der Waals surface area contributed by atoms with Crippen molar-refractivity contribution < 1.29 is 9.53 Å². The molecule has 3 aromatic carbocycles. The molecule has 3 heteroatoms. The molecule has 0 unspecified atom stereocenters. The molecule has 3 nitrogen and oxygen atoms in total. The molecule has 122 valence electrons. The highest BCUT2D eigenvalue weighted by molar-refractivity contribution is 6.15. The van der Waals surface area contributed by atoms with Gasteiger partial charge in [-0.05, 0) is 48.7 Å². The largest absolute Gasteiger partial charge is 0.493 e. The van der Waals surface area contributed by atoms with Crippen LogP contribution in [0.4, 0.5) is 5.69 Å². The summed E-state index contributed by atoms with van der Waals surface area (Å²) >= 11 is 0. The highest BCUT2D eigenvalue weighted by Crippen LogP contribution is 2.30. The van der Waals surface area contributed by atoms with Gasteiger partial charge in [0.05, 0.1) is 12.2 Å². The number of nitrogens with one attached hydrogen (secondary N) is 1. The van der Waals surface area contributed by atoms with Crippen LogP contribution in [0.25, 0.3) is 10.8 Å². The Morgan fingerprint density at radius 2 is 1.67 bits per heavy atom. The molecule has 0 heterocycles. The van der Waals surface area contributed by atoms with Gasteiger partial charge in [0.1, 0.15) is 5.75 Å². The van der Waals surface area contributed by atoms with Crippen LogP contribution in [0.2, 0.25) is 0 Å². The monoisotopic (exact) mass is 319 g/mol. The van der Waals surface area contributed by atoms with E-state index in [-0.39, 0.29) is 5.91 Å². The highest BCUT2D eigenvalue weighted by Gasteiger charge is 2.18. The van der Waals surface area contributed by atoms with Gasteiger partial charge in [-0.15, -0.1) is 0 Å². The number of hydrogen-bond donors (Lipinski definition) is 1. The average Bonchev–Trinajstić information content (AvgIpc) is 2.58. The molecule has 1 amide bonds. The molecule has 0 aliphatic heterocycles. The Labute approximate surface area is 142 Å². The summed E-state index contributed by atoms with van der Waals surface area (Å²) in [5, 5.41) is 4.98. The number of hydrogen-bond acceptors (Lipinski definition) is 2. The fourth-order valence-electron chi connectivity index (χ4n) is 2.95. The van der Waals surface area contributed by atoms with E-state index in [4.69, 9.17) is 4.74 Å². The quantitative estimate of drug-likeness (QED) is 0.726. The van der Waals surface area contributed by atoms with Crippen LogP contribution >= 0.6 is 0 Å². The predicted octanol–water partition coefficient (Wildman–Crippen LogP) is 5.11.